The normalized spacial score (nSPS) is 10.6. The number of carbonyl (C=O) groups is 1. The number of hydrogen-bond acceptors (Lipinski definition) is 6. The van der Waals surface area contributed by atoms with Crippen molar-refractivity contribution in [2.24, 2.45) is 0 Å². The summed E-state index contributed by atoms with van der Waals surface area (Å²) in [7, 11) is 3.22. The monoisotopic (exact) mass is 426 g/mol. The number of benzene rings is 2. The molecule has 8 heteroatoms. The van der Waals surface area contributed by atoms with Crippen LogP contribution in [0.25, 0.3) is 11.4 Å². The minimum Gasteiger partial charge on any atom is -0.493 e. The first-order valence-corrected chi connectivity index (χ1v) is 10.7. The van der Waals surface area contributed by atoms with Crippen molar-refractivity contribution in [1.29, 1.82) is 0 Å². The van der Waals surface area contributed by atoms with E-state index in [0.717, 1.165) is 28.7 Å². The Balaban J connectivity index is 1.51. The average molecular weight is 427 g/mol. The summed E-state index contributed by atoms with van der Waals surface area (Å²) in [5, 5.41) is 12.3. The molecule has 0 unspecified atom stereocenters. The van der Waals surface area contributed by atoms with Crippen LogP contribution in [0.5, 0.6) is 11.5 Å². The number of aromatic nitrogens is 3. The summed E-state index contributed by atoms with van der Waals surface area (Å²) in [4.78, 5) is 12.3. The smallest absolute Gasteiger partial charge is 0.230 e. The maximum absolute atomic E-state index is 12.3. The van der Waals surface area contributed by atoms with Crippen LogP contribution >= 0.6 is 11.8 Å². The molecule has 0 saturated heterocycles. The Bertz CT molecular complexity index is 976. The van der Waals surface area contributed by atoms with Gasteiger partial charge >= 0.3 is 0 Å². The highest BCUT2D eigenvalue weighted by molar-refractivity contribution is 7.99. The number of carbonyl (C=O) groups excluding carboxylic acids is 1. The Morgan fingerprint density at radius 1 is 1.07 bits per heavy atom. The Kier molecular flexibility index (Phi) is 7.73. The fraction of sp³-hybridized carbons (Fsp3) is 0.318. The van der Waals surface area contributed by atoms with Crippen LogP contribution in [0.1, 0.15) is 12.5 Å². The minimum atomic E-state index is -0.0348. The Labute approximate surface area is 180 Å². The molecule has 0 radical (unpaired) electrons. The molecule has 0 aliphatic rings. The van der Waals surface area contributed by atoms with Crippen molar-refractivity contribution in [2.75, 3.05) is 26.5 Å². The first-order valence-electron chi connectivity index (χ1n) is 9.75. The van der Waals surface area contributed by atoms with Gasteiger partial charge in [0.2, 0.25) is 5.91 Å². The van der Waals surface area contributed by atoms with Gasteiger partial charge in [-0.2, -0.15) is 0 Å². The molecule has 0 atom stereocenters. The van der Waals surface area contributed by atoms with Crippen molar-refractivity contribution < 1.29 is 14.3 Å². The molecule has 0 spiro atoms. The van der Waals surface area contributed by atoms with Crippen LogP contribution in [0.3, 0.4) is 0 Å². The molecule has 0 fully saturated rings. The van der Waals surface area contributed by atoms with Gasteiger partial charge in [0.25, 0.3) is 0 Å². The standard InChI is InChI=1S/C22H26N4O3S/c1-4-26-21(17-8-6-5-7-9-17)24-25-22(26)30-15-20(27)23-13-12-16-10-11-18(28-2)19(14-16)29-3/h5-11,14H,4,12-13,15H2,1-3H3,(H,23,27). The van der Waals surface area contributed by atoms with E-state index in [2.05, 4.69) is 15.5 Å². The molecule has 1 heterocycles. The number of amides is 1. The molecule has 0 bridgehead atoms. The van der Waals surface area contributed by atoms with Gasteiger partial charge in [-0.05, 0) is 31.0 Å². The summed E-state index contributed by atoms with van der Waals surface area (Å²) < 4.78 is 12.6. The molecular weight excluding hydrogens is 400 g/mol. The van der Waals surface area contributed by atoms with Crippen molar-refractivity contribution in [3.8, 4) is 22.9 Å². The SMILES string of the molecule is CCn1c(SCC(=O)NCCc2ccc(OC)c(OC)c2)nnc1-c1ccccc1. The Hall–Kier alpha value is -3.00. The first-order chi connectivity index (χ1) is 14.7. The van der Waals surface area contributed by atoms with E-state index in [0.29, 0.717) is 30.2 Å². The van der Waals surface area contributed by atoms with Gasteiger partial charge in [0.1, 0.15) is 0 Å². The zero-order valence-corrected chi connectivity index (χ0v) is 18.2. The van der Waals surface area contributed by atoms with Crippen molar-refractivity contribution in [3.63, 3.8) is 0 Å². The number of nitrogens with zero attached hydrogens (tertiary/aromatic N) is 3. The third-order valence-electron chi connectivity index (χ3n) is 4.58. The summed E-state index contributed by atoms with van der Waals surface area (Å²) in [6.07, 6.45) is 0.708. The zero-order valence-electron chi connectivity index (χ0n) is 17.4. The zero-order chi connectivity index (χ0) is 21.3. The van der Waals surface area contributed by atoms with Crippen LogP contribution in [0.4, 0.5) is 0 Å². The third-order valence-corrected chi connectivity index (χ3v) is 5.55. The highest BCUT2D eigenvalue weighted by atomic mass is 32.2. The van der Waals surface area contributed by atoms with Crippen LogP contribution < -0.4 is 14.8 Å². The van der Waals surface area contributed by atoms with Crippen LogP contribution in [-0.4, -0.2) is 47.2 Å². The lowest BCUT2D eigenvalue weighted by atomic mass is 10.1. The van der Waals surface area contributed by atoms with Gasteiger partial charge in [0.05, 0.1) is 20.0 Å². The van der Waals surface area contributed by atoms with Gasteiger partial charge in [-0.1, -0.05) is 48.2 Å². The fourth-order valence-corrected chi connectivity index (χ4v) is 3.88. The van der Waals surface area contributed by atoms with E-state index in [1.54, 1.807) is 14.2 Å². The van der Waals surface area contributed by atoms with E-state index >= 15 is 0 Å². The number of nitrogens with one attached hydrogen (secondary N) is 1. The van der Waals surface area contributed by atoms with Gasteiger partial charge in [-0.3, -0.25) is 4.79 Å². The second-order valence-electron chi connectivity index (χ2n) is 6.49. The molecule has 1 amide bonds. The van der Waals surface area contributed by atoms with Crippen LogP contribution in [-0.2, 0) is 17.8 Å². The van der Waals surface area contributed by atoms with Crippen LogP contribution in [0.15, 0.2) is 53.7 Å². The summed E-state index contributed by atoms with van der Waals surface area (Å²) in [5.74, 6) is 2.45. The van der Waals surface area contributed by atoms with Gasteiger partial charge in [-0.15, -0.1) is 10.2 Å². The summed E-state index contributed by atoms with van der Waals surface area (Å²) >= 11 is 1.39. The lowest BCUT2D eigenvalue weighted by Gasteiger charge is -2.10. The quantitative estimate of drug-likeness (QED) is 0.501. The molecule has 3 rings (SSSR count). The highest BCUT2D eigenvalue weighted by Crippen LogP contribution is 2.27. The summed E-state index contributed by atoms with van der Waals surface area (Å²) in [6.45, 7) is 3.33. The predicted octanol–water partition coefficient (Wildman–Crippen LogP) is 3.43. The van der Waals surface area contributed by atoms with Crippen LogP contribution in [0.2, 0.25) is 0 Å². The molecule has 0 aliphatic heterocycles. The molecular formula is C22H26N4O3S. The maximum Gasteiger partial charge on any atom is 0.230 e. The largest absolute Gasteiger partial charge is 0.493 e. The average Bonchev–Trinajstić information content (AvgIpc) is 3.21. The molecule has 1 aromatic heterocycles. The van der Waals surface area contributed by atoms with E-state index in [1.165, 1.54) is 11.8 Å². The Morgan fingerprint density at radius 2 is 1.83 bits per heavy atom. The van der Waals surface area contributed by atoms with Crippen molar-refractivity contribution in [1.82, 2.24) is 20.1 Å². The van der Waals surface area contributed by atoms with Gasteiger partial charge in [-0.25, -0.2) is 0 Å². The predicted molar refractivity (Wildman–Crippen MR) is 118 cm³/mol. The summed E-state index contributed by atoms with van der Waals surface area (Å²) in [5.41, 5.74) is 2.08. The maximum atomic E-state index is 12.3. The Morgan fingerprint density at radius 3 is 2.53 bits per heavy atom. The van der Waals surface area contributed by atoms with Gasteiger partial charge in [0.15, 0.2) is 22.5 Å². The van der Waals surface area contributed by atoms with E-state index in [1.807, 2.05) is 60.0 Å². The molecule has 30 heavy (non-hydrogen) atoms. The minimum absolute atomic E-state index is 0.0348. The number of ether oxygens (including phenoxy) is 2. The number of thioether (sulfide) groups is 1. The fourth-order valence-electron chi connectivity index (χ4n) is 3.04. The van der Waals surface area contributed by atoms with Crippen LogP contribution in [0, 0.1) is 0 Å². The molecule has 2 aromatic carbocycles. The molecule has 7 nitrogen and oxygen atoms in total. The first kappa shape index (κ1) is 21.7. The van der Waals surface area contributed by atoms with E-state index in [-0.39, 0.29) is 5.91 Å². The summed E-state index contributed by atoms with van der Waals surface area (Å²) in [6, 6.07) is 15.7. The molecule has 0 saturated carbocycles. The van der Waals surface area contributed by atoms with E-state index in [9.17, 15) is 4.79 Å². The van der Waals surface area contributed by atoms with Gasteiger partial charge < -0.3 is 19.4 Å². The van der Waals surface area contributed by atoms with Crippen molar-refractivity contribution in [3.05, 3.63) is 54.1 Å². The van der Waals surface area contributed by atoms with E-state index in [4.69, 9.17) is 9.47 Å². The topological polar surface area (TPSA) is 78.3 Å². The number of hydrogen-bond donors (Lipinski definition) is 1. The molecule has 158 valence electrons. The molecule has 3 aromatic rings. The molecule has 0 aliphatic carbocycles. The second-order valence-corrected chi connectivity index (χ2v) is 7.44. The number of methoxy groups -OCH3 is 2. The third kappa shape index (κ3) is 5.33. The number of rotatable bonds is 10. The van der Waals surface area contributed by atoms with Crippen molar-refractivity contribution >= 4 is 17.7 Å². The van der Waals surface area contributed by atoms with E-state index < -0.39 is 0 Å². The lowest BCUT2D eigenvalue weighted by Crippen LogP contribution is -2.27. The second kappa shape index (κ2) is 10.7. The highest BCUT2D eigenvalue weighted by Gasteiger charge is 2.14. The van der Waals surface area contributed by atoms with Crippen molar-refractivity contribution in [2.45, 2.75) is 25.0 Å². The molecule has 1 N–H and O–H groups in total. The lowest BCUT2D eigenvalue weighted by molar-refractivity contribution is -0.118. The van der Waals surface area contributed by atoms with Gasteiger partial charge in [0, 0.05) is 18.7 Å².